The molecule has 0 aliphatic rings. The zero-order valence-corrected chi connectivity index (χ0v) is 12.1. The van der Waals surface area contributed by atoms with Crippen molar-refractivity contribution in [3.05, 3.63) is 63.4 Å². The van der Waals surface area contributed by atoms with Crippen LogP contribution in [0.3, 0.4) is 0 Å². The van der Waals surface area contributed by atoms with Crippen molar-refractivity contribution in [2.75, 3.05) is 13.7 Å². The average molecular weight is 297 g/mol. The average Bonchev–Trinajstić information content (AvgIpc) is 2.55. The Labute approximate surface area is 126 Å². The Morgan fingerprint density at radius 1 is 1.18 bits per heavy atom. The smallest absolute Gasteiger partial charge is 0.330 e. The zero-order chi connectivity index (χ0) is 15.5. The molecule has 1 N–H and O–H groups in total. The highest BCUT2D eigenvalue weighted by atomic mass is 16.5. The summed E-state index contributed by atoms with van der Waals surface area (Å²) < 4.78 is 6.44. The van der Waals surface area contributed by atoms with Crippen LogP contribution in [0.25, 0.3) is 22.2 Å². The van der Waals surface area contributed by atoms with Crippen molar-refractivity contribution in [1.82, 2.24) is 14.5 Å². The number of aromatic nitrogens is 3. The molecule has 0 fully saturated rings. The number of nitrogens with zero attached hydrogens (tertiary/aromatic N) is 2. The molecule has 1 aromatic carbocycles. The van der Waals surface area contributed by atoms with E-state index in [1.54, 1.807) is 19.4 Å². The summed E-state index contributed by atoms with van der Waals surface area (Å²) >= 11 is 0. The van der Waals surface area contributed by atoms with Crippen LogP contribution in [0.5, 0.6) is 0 Å². The molecule has 6 heteroatoms. The molecule has 3 aromatic rings. The van der Waals surface area contributed by atoms with Crippen LogP contribution in [0.4, 0.5) is 0 Å². The fraction of sp³-hybridized carbons (Fsp3) is 0.188. The van der Waals surface area contributed by atoms with Crippen LogP contribution in [0, 0.1) is 0 Å². The quantitative estimate of drug-likeness (QED) is 0.789. The highest BCUT2D eigenvalue weighted by molar-refractivity contribution is 5.91. The zero-order valence-electron chi connectivity index (χ0n) is 12.1. The SMILES string of the molecule is COCCn1c(=O)[nH]c(=O)c2c(-c3ccccc3)ccnc21. The van der Waals surface area contributed by atoms with Crippen molar-refractivity contribution in [1.29, 1.82) is 0 Å². The number of ether oxygens (including phenoxy) is 1. The summed E-state index contributed by atoms with van der Waals surface area (Å²) in [5.74, 6) is 0. The topological polar surface area (TPSA) is 77.0 Å². The van der Waals surface area contributed by atoms with Crippen LogP contribution >= 0.6 is 0 Å². The second kappa shape index (κ2) is 5.95. The van der Waals surface area contributed by atoms with Gasteiger partial charge >= 0.3 is 5.69 Å². The molecule has 0 radical (unpaired) electrons. The summed E-state index contributed by atoms with van der Waals surface area (Å²) in [6.07, 6.45) is 1.60. The molecule has 3 rings (SSSR count). The van der Waals surface area contributed by atoms with E-state index in [2.05, 4.69) is 9.97 Å². The summed E-state index contributed by atoms with van der Waals surface area (Å²) in [6, 6.07) is 11.3. The molecule has 0 aliphatic heterocycles. The van der Waals surface area contributed by atoms with Crippen molar-refractivity contribution in [2.24, 2.45) is 0 Å². The van der Waals surface area contributed by atoms with Gasteiger partial charge in [-0.3, -0.25) is 14.3 Å². The second-order valence-electron chi connectivity index (χ2n) is 4.83. The van der Waals surface area contributed by atoms with E-state index in [-0.39, 0.29) is 0 Å². The fourth-order valence-electron chi connectivity index (χ4n) is 2.45. The van der Waals surface area contributed by atoms with Crippen LogP contribution in [-0.2, 0) is 11.3 Å². The first-order chi connectivity index (χ1) is 10.7. The standard InChI is InChI=1S/C16H15N3O3/c1-22-10-9-19-14-13(15(20)18-16(19)21)12(7-8-17-14)11-5-3-2-4-6-11/h2-8H,9-10H2,1H3,(H,18,20,21). The number of rotatable bonds is 4. The number of H-pyrrole nitrogens is 1. The molecule has 22 heavy (non-hydrogen) atoms. The third-order valence-corrected chi connectivity index (χ3v) is 3.48. The summed E-state index contributed by atoms with van der Waals surface area (Å²) in [7, 11) is 1.56. The molecular weight excluding hydrogens is 282 g/mol. The van der Waals surface area contributed by atoms with E-state index in [4.69, 9.17) is 4.74 Å². The van der Waals surface area contributed by atoms with Gasteiger partial charge in [-0.1, -0.05) is 30.3 Å². The number of hydrogen-bond donors (Lipinski definition) is 1. The molecule has 6 nitrogen and oxygen atoms in total. The Morgan fingerprint density at radius 3 is 2.68 bits per heavy atom. The van der Waals surface area contributed by atoms with Crippen molar-refractivity contribution < 1.29 is 4.74 Å². The van der Waals surface area contributed by atoms with E-state index in [1.807, 2.05) is 30.3 Å². The summed E-state index contributed by atoms with van der Waals surface area (Å²) in [6.45, 7) is 0.687. The van der Waals surface area contributed by atoms with E-state index in [0.717, 1.165) is 11.1 Å². The Kier molecular flexibility index (Phi) is 3.84. The number of pyridine rings is 1. The number of benzene rings is 1. The molecule has 0 saturated heterocycles. The number of methoxy groups -OCH3 is 1. The minimum Gasteiger partial charge on any atom is -0.383 e. The van der Waals surface area contributed by atoms with Gasteiger partial charge in [0.1, 0.15) is 5.65 Å². The highest BCUT2D eigenvalue weighted by Crippen LogP contribution is 2.23. The maximum absolute atomic E-state index is 12.3. The first kappa shape index (κ1) is 14.2. The molecule has 0 amide bonds. The molecule has 0 spiro atoms. The van der Waals surface area contributed by atoms with Gasteiger partial charge in [-0.15, -0.1) is 0 Å². The molecule has 0 bridgehead atoms. The molecule has 2 heterocycles. The second-order valence-corrected chi connectivity index (χ2v) is 4.83. The van der Waals surface area contributed by atoms with Crippen LogP contribution in [0.1, 0.15) is 0 Å². The fourth-order valence-corrected chi connectivity index (χ4v) is 2.45. The van der Waals surface area contributed by atoms with Gasteiger partial charge in [0, 0.05) is 13.3 Å². The lowest BCUT2D eigenvalue weighted by molar-refractivity contribution is 0.187. The van der Waals surface area contributed by atoms with E-state index in [0.29, 0.717) is 24.2 Å². The van der Waals surface area contributed by atoms with Crippen LogP contribution in [0.2, 0.25) is 0 Å². The largest absolute Gasteiger partial charge is 0.383 e. The highest BCUT2D eigenvalue weighted by Gasteiger charge is 2.13. The van der Waals surface area contributed by atoms with Crippen LogP contribution in [-0.4, -0.2) is 28.3 Å². The van der Waals surface area contributed by atoms with Crippen LogP contribution < -0.4 is 11.2 Å². The number of nitrogens with one attached hydrogen (secondary N) is 1. The van der Waals surface area contributed by atoms with Gasteiger partial charge in [0.25, 0.3) is 5.56 Å². The first-order valence-corrected chi connectivity index (χ1v) is 6.88. The lowest BCUT2D eigenvalue weighted by Crippen LogP contribution is -2.32. The van der Waals surface area contributed by atoms with Crippen molar-refractivity contribution in [3.63, 3.8) is 0 Å². The van der Waals surface area contributed by atoms with Gasteiger partial charge in [-0.05, 0) is 17.2 Å². The van der Waals surface area contributed by atoms with Gasteiger partial charge < -0.3 is 4.74 Å². The van der Waals surface area contributed by atoms with E-state index in [9.17, 15) is 9.59 Å². The Morgan fingerprint density at radius 2 is 1.95 bits per heavy atom. The van der Waals surface area contributed by atoms with Gasteiger partial charge in [-0.25, -0.2) is 9.78 Å². The third kappa shape index (κ3) is 2.44. The minimum absolute atomic E-state index is 0.327. The number of fused-ring (bicyclic) bond motifs is 1. The van der Waals surface area contributed by atoms with Crippen molar-refractivity contribution >= 4 is 11.0 Å². The number of hydrogen-bond acceptors (Lipinski definition) is 4. The summed E-state index contributed by atoms with van der Waals surface area (Å²) in [5.41, 5.74) is 1.11. The van der Waals surface area contributed by atoms with Crippen molar-refractivity contribution in [2.45, 2.75) is 6.54 Å². The summed E-state index contributed by atoms with van der Waals surface area (Å²) in [5, 5.41) is 0.407. The normalized spacial score (nSPS) is 11.0. The Balaban J connectivity index is 2.34. The van der Waals surface area contributed by atoms with Crippen molar-refractivity contribution in [3.8, 4) is 11.1 Å². The molecular formula is C16H15N3O3. The third-order valence-electron chi connectivity index (χ3n) is 3.48. The minimum atomic E-state index is -0.479. The van der Waals surface area contributed by atoms with Crippen LogP contribution in [0.15, 0.2) is 52.2 Å². The predicted molar refractivity (Wildman–Crippen MR) is 83.9 cm³/mol. The molecule has 0 atom stereocenters. The lowest BCUT2D eigenvalue weighted by Gasteiger charge is -2.10. The molecule has 0 unspecified atom stereocenters. The first-order valence-electron chi connectivity index (χ1n) is 6.88. The molecule has 0 saturated carbocycles. The molecule has 112 valence electrons. The van der Waals surface area contributed by atoms with Gasteiger partial charge in [0.15, 0.2) is 0 Å². The Hall–Kier alpha value is -2.73. The Bertz CT molecular complexity index is 913. The van der Waals surface area contributed by atoms with Gasteiger partial charge in [0.05, 0.1) is 18.5 Å². The van der Waals surface area contributed by atoms with E-state index in [1.165, 1.54) is 4.57 Å². The van der Waals surface area contributed by atoms with Gasteiger partial charge in [-0.2, -0.15) is 0 Å². The lowest BCUT2D eigenvalue weighted by atomic mass is 10.0. The van der Waals surface area contributed by atoms with E-state index < -0.39 is 11.2 Å². The summed E-state index contributed by atoms with van der Waals surface area (Å²) in [4.78, 5) is 30.9. The number of aromatic amines is 1. The maximum atomic E-state index is 12.3. The van der Waals surface area contributed by atoms with Gasteiger partial charge in [0.2, 0.25) is 0 Å². The molecule has 2 aromatic heterocycles. The molecule has 0 aliphatic carbocycles. The monoisotopic (exact) mass is 297 g/mol. The maximum Gasteiger partial charge on any atom is 0.330 e. The van der Waals surface area contributed by atoms with E-state index >= 15 is 0 Å². The predicted octanol–water partition coefficient (Wildman–Crippen LogP) is 1.40.